The van der Waals surface area contributed by atoms with Crippen LogP contribution in [0.15, 0.2) is 30.3 Å². The molecular formula is C16H16Cl2N2OS. The summed E-state index contributed by atoms with van der Waals surface area (Å²) in [6, 6.07) is 9.62. The summed E-state index contributed by atoms with van der Waals surface area (Å²) in [6.07, 6.45) is 1.96. The second-order valence-corrected chi connectivity index (χ2v) is 7.70. The van der Waals surface area contributed by atoms with Gasteiger partial charge in [0.2, 0.25) is 5.91 Å². The third-order valence-electron chi connectivity index (χ3n) is 3.62. The van der Waals surface area contributed by atoms with Crippen LogP contribution in [-0.4, -0.2) is 13.0 Å². The topological polar surface area (TPSA) is 32.3 Å². The third-order valence-corrected chi connectivity index (χ3v) is 5.15. The number of halogens is 2. The number of benzene rings is 1. The van der Waals surface area contributed by atoms with Gasteiger partial charge >= 0.3 is 0 Å². The van der Waals surface area contributed by atoms with Gasteiger partial charge in [0.05, 0.1) is 21.6 Å². The van der Waals surface area contributed by atoms with Gasteiger partial charge in [-0.25, -0.2) is 0 Å². The highest BCUT2D eigenvalue weighted by atomic mass is 35.5. The van der Waals surface area contributed by atoms with E-state index in [1.54, 1.807) is 11.3 Å². The van der Waals surface area contributed by atoms with Gasteiger partial charge in [-0.2, -0.15) is 0 Å². The molecular weight excluding hydrogens is 339 g/mol. The summed E-state index contributed by atoms with van der Waals surface area (Å²) in [4.78, 5) is 15.1. The Balaban J connectivity index is 1.68. The minimum Gasteiger partial charge on any atom is -0.369 e. The van der Waals surface area contributed by atoms with Crippen molar-refractivity contribution in [2.45, 2.75) is 19.4 Å². The Morgan fingerprint density at radius 1 is 1.32 bits per heavy atom. The molecule has 1 saturated carbocycles. The summed E-state index contributed by atoms with van der Waals surface area (Å²) in [7, 11) is 2.00. The van der Waals surface area contributed by atoms with Crippen molar-refractivity contribution in [3.05, 3.63) is 44.6 Å². The first-order valence-corrected chi connectivity index (χ1v) is 8.66. The molecule has 1 aliphatic rings. The molecule has 0 saturated heterocycles. The Morgan fingerprint density at radius 3 is 2.68 bits per heavy atom. The normalized spacial score (nSPS) is 14.0. The number of carbonyl (C=O) groups excluding carboxylic acids is 1. The van der Waals surface area contributed by atoms with E-state index < -0.39 is 0 Å². The number of carbonyl (C=O) groups is 1. The second-order valence-electron chi connectivity index (χ2n) is 5.49. The van der Waals surface area contributed by atoms with E-state index in [0.717, 1.165) is 29.4 Å². The number of nitrogens with zero attached hydrogens (tertiary/aromatic N) is 1. The van der Waals surface area contributed by atoms with Gasteiger partial charge in [0.1, 0.15) is 0 Å². The second kappa shape index (κ2) is 6.49. The third kappa shape index (κ3) is 3.75. The first kappa shape index (κ1) is 15.7. The van der Waals surface area contributed by atoms with Gasteiger partial charge < -0.3 is 10.2 Å². The molecule has 1 aliphatic carbocycles. The number of nitrogens with one attached hydrogen (secondary N) is 1. The Bertz CT molecular complexity index is 697. The number of rotatable bonds is 5. The van der Waals surface area contributed by atoms with E-state index in [-0.39, 0.29) is 11.8 Å². The van der Waals surface area contributed by atoms with E-state index in [4.69, 9.17) is 23.2 Å². The van der Waals surface area contributed by atoms with Crippen LogP contribution in [0.4, 0.5) is 11.4 Å². The van der Waals surface area contributed by atoms with Gasteiger partial charge in [-0.05, 0) is 43.2 Å². The summed E-state index contributed by atoms with van der Waals surface area (Å²) >= 11 is 13.8. The van der Waals surface area contributed by atoms with Crippen LogP contribution in [0.5, 0.6) is 0 Å². The fraction of sp³-hybridized carbons (Fsp3) is 0.312. The van der Waals surface area contributed by atoms with Crippen LogP contribution in [0, 0.1) is 5.92 Å². The lowest BCUT2D eigenvalue weighted by Gasteiger charge is -2.19. The van der Waals surface area contributed by atoms with E-state index in [2.05, 4.69) is 10.2 Å². The number of amides is 1. The van der Waals surface area contributed by atoms with Crippen molar-refractivity contribution in [1.29, 1.82) is 0 Å². The van der Waals surface area contributed by atoms with Gasteiger partial charge in [-0.1, -0.05) is 23.2 Å². The Hall–Kier alpha value is -1.23. The molecule has 0 radical (unpaired) electrons. The molecule has 1 aromatic carbocycles. The molecule has 1 amide bonds. The molecule has 0 unspecified atom stereocenters. The predicted molar refractivity (Wildman–Crippen MR) is 94.2 cm³/mol. The molecule has 0 spiro atoms. The molecule has 0 bridgehead atoms. The fourth-order valence-electron chi connectivity index (χ4n) is 2.18. The summed E-state index contributed by atoms with van der Waals surface area (Å²) in [5.41, 5.74) is 1.67. The molecule has 1 fully saturated rings. The highest BCUT2D eigenvalue weighted by Gasteiger charge is 2.29. The summed E-state index contributed by atoms with van der Waals surface area (Å²) in [5.74, 6) is 0.234. The van der Waals surface area contributed by atoms with Crippen LogP contribution in [0.25, 0.3) is 0 Å². The lowest BCUT2D eigenvalue weighted by atomic mass is 10.2. The van der Waals surface area contributed by atoms with Gasteiger partial charge in [0.15, 0.2) is 0 Å². The first-order valence-electron chi connectivity index (χ1n) is 7.08. The molecule has 0 atom stereocenters. The van der Waals surface area contributed by atoms with E-state index in [0.29, 0.717) is 10.7 Å². The Kier molecular flexibility index (Phi) is 4.62. The van der Waals surface area contributed by atoms with Crippen LogP contribution in [0.1, 0.15) is 17.7 Å². The highest BCUT2D eigenvalue weighted by molar-refractivity contribution is 7.16. The maximum Gasteiger partial charge on any atom is 0.227 e. The van der Waals surface area contributed by atoms with Crippen molar-refractivity contribution in [1.82, 2.24) is 0 Å². The standard InChI is InChI=1S/C16H16Cl2N2OS/c1-20(9-12-5-7-15(18)22-12)11-4-6-14(13(17)8-11)19-16(21)10-2-3-10/h4-8,10H,2-3,9H2,1H3,(H,19,21). The lowest BCUT2D eigenvalue weighted by Crippen LogP contribution is -2.16. The zero-order chi connectivity index (χ0) is 15.7. The molecule has 1 heterocycles. The first-order chi connectivity index (χ1) is 10.5. The average molecular weight is 355 g/mol. The number of hydrogen-bond donors (Lipinski definition) is 1. The quantitative estimate of drug-likeness (QED) is 0.815. The molecule has 6 heteroatoms. The van der Waals surface area contributed by atoms with Crippen molar-refractivity contribution in [2.75, 3.05) is 17.3 Å². The van der Waals surface area contributed by atoms with E-state index in [9.17, 15) is 4.79 Å². The van der Waals surface area contributed by atoms with Crippen molar-refractivity contribution in [3.63, 3.8) is 0 Å². The van der Waals surface area contributed by atoms with Crippen LogP contribution in [-0.2, 0) is 11.3 Å². The largest absolute Gasteiger partial charge is 0.369 e. The van der Waals surface area contributed by atoms with Crippen molar-refractivity contribution >= 4 is 51.8 Å². The molecule has 2 aromatic rings. The van der Waals surface area contributed by atoms with E-state index in [1.165, 1.54) is 4.88 Å². The Labute approximate surface area is 143 Å². The summed E-state index contributed by atoms with van der Waals surface area (Å²) in [6.45, 7) is 0.765. The SMILES string of the molecule is CN(Cc1ccc(Cl)s1)c1ccc(NC(=O)C2CC2)c(Cl)c1. The Morgan fingerprint density at radius 2 is 2.09 bits per heavy atom. The molecule has 22 heavy (non-hydrogen) atoms. The van der Waals surface area contributed by atoms with Crippen LogP contribution >= 0.6 is 34.5 Å². The molecule has 0 aliphatic heterocycles. The van der Waals surface area contributed by atoms with E-state index in [1.807, 2.05) is 37.4 Å². The summed E-state index contributed by atoms with van der Waals surface area (Å²) in [5, 5.41) is 3.44. The molecule has 1 N–H and O–H groups in total. The molecule has 1 aromatic heterocycles. The van der Waals surface area contributed by atoms with Gasteiger partial charge in [0, 0.05) is 23.5 Å². The smallest absolute Gasteiger partial charge is 0.227 e. The van der Waals surface area contributed by atoms with Crippen LogP contribution in [0.3, 0.4) is 0 Å². The van der Waals surface area contributed by atoms with Crippen molar-refractivity contribution < 1.29 is 4.79 Å². The number of hydrogen-bond acceptors (Lipinski definition) is 3. The lowest BCUT2D eigenvalue weighted by molar-refractivity contribution is -0.117. The minimum atomic E-state index is 0.0660. The summed E-state index contributed by atoms with van der Waals surface area (Å²) < 4.78 is 0.791. The number of anilines is 2. The van der Waals surface area contributed by atoms with Crippen LogP contribution in [0.2, 0.25) is 9.36 Å². The highest BCUT2D eigenvalue weighted by Crippen LogP contribution is 2.33. The molecule has 3 rings (SSSR count). The maximum absolute atomic E-state index is 11.8. The fourth-order valence-corrected chi connectivity index (χ4v) is 3.55. The van der Waals surface area contributed by atoms with Gasteiger partial charge in [-0.15, -0.1) is 11.3 Å². The van der Waals surface area contributed by atoms with Crippen LogP contribution < -0.4 is 10.2 Å². The number of thiophene rings is 1. The van der Waals surface area contributed by atoms with E-state index >= 15 is 0 Å². The van der Waals surface area contributed by atoms with Gasteiger partial charge in [0.25, 0.3) is 0 Å². The zero-order valence-electron chi connectivity index (χ0n) is 12.1. The monoisotopic (exact) mass is 354 g/mol. The predicted octanol–water partition coefficient (Wildman–Crippen LogP) is 5.04. The molecule has 3 nitrogen and oxygen atoms in total. The molecule has 116 valence electrons. The van der Waals surface area contributed by atoms with Crippen molar-refractivity contribution in [2.24, 2.45) is 5.92 Å². The minimum absolute atomic E-state index is 0.0660. The maximum atomic E-state index is 11.8. The van der Waals surface area contributed by atoms with Gasteiger partial charge in [-0.3, -0.25) is 4.79 Å². The van der Waals surface area contributed by atoms with Crippen molar-refractivity contribution in [3.8, 4) is 0 Å². The zero-order valence-corrected chi connectivity index (χ0v) is 14.4. The average Bonchev–Trinajstić information content (AvgIpc) is 3.25.